The smallest absolute Gasteiger partial charge is 0.422 e. The van der Waals surface area contributed by atoms with Crippen molar-refractivity contribution in [2.45, 2.75) is 13.1 Å². The number of rotatable bonds is 2. The Morgan fingerprint density at radius 2 is 2.13 bits per heavy atom. The molecule has 1 aromatic heterocycles. The van der Waals surface area contributed by atoms with Crippen LogP contribution in [-0.4, -0.2) is 17.8 Å². The summed E-state index contributed by atoms with van der Waals surface area (Å²) >= 11 is 0. The largest absolute Gasteiger partial charge is 0.468 e. The average Bonchev–Trinajstić information content (AvgIpc) is 2.13. The third-order valence-corrected chi connectivity index (χ3v) is 1.44. The van der Waals surface area contributed by atoms with E-state index in [4.69, 9.17) is 5.26 Å². The quantitative estimate of drug-likeness (QED) is 0.761. The lowest BCUT2D eigenvalue weighted by Crippen LogP contribution is -2.19. The van der Waals surface area contributed by atoms with Crippen LogP contribution in [0.15, 0.2) is 12.1 Å². The second kappa shape index (κ2) is 4.17. The fourth-order valence-corrected chi connectivity index (χ4v) is 0.922. The number of ether oxygens (including phenoxy) is 1. The monoisotopic (exact) mass is 216 g/mol. The Hall–Kier alpha value is -1.77. The molecule has 0 N–H and O–H groups in total. The van der Waals surface area contributed by atoms with Crippen LogP contribution in [0.5, 0.6) is 5.88 Å². The maximum atomic E-state index is 11.8. The van der Waals surface area contributed by atoms with E-state index in [0.29, 0.717) is 5.56 Å². The molecule has 0 atom stereocenters. The zero-order valence-electron chi connectivity index (χ0n) is 7.80. The maximum absolute atomic E-state index is 11.8. The third-order valence-electron chi connectivity index (χ3n) is 1.44. The number of hydrogen-bond acceptors (Lipinski definition) is 3. The van der Waals surface area contributed by atoms with Crippen molar-refractivity contribution < 1.29 is 17.9 Å². The third kappa shape index (κ3) is 3.85. The van der Waals surface area contributed by atoms with Crippen molar-refractivity contribution in [1.29, 1.82) is 5.26 Å². The van der Waals surface area contributed by atoms with Crippen LogP contribution < -0.4 is 4.74 Å². The first-order chi connectivity index (χ1) is 6.90. The highest BCUT2D eigenvalue weighted by Gasteiger charge is 2.28. The van der Waals surface area contributed by atoms with Gasteiger partial charge >= 0.3 is 6.18 Å². The minimum absolute atomic E-state index is 0.0344. The van der Waals surface area contributed by atoms with Gasteiger partial charge in [-0.05, 0) is 18.6 Å². The van der Waals surface area contributed by atoms with E-state index in [0.717, 1.165) is 0 Å². The van der Waals surface area contributed by atoms with Gasteiger partial charge in [-0.2, -0.15) is 18.4 Å². The lowest BCUT2D eigenvalue weighted by molar-refractivity contribution is -0.154. The van der Waals surface area contributed by atoms with Crippen LogP contribution >= 0.6 is 0 Å². The first kappa shape index (κ1) is 11.3. The first-order valence-electron chi connectivity index (χ1n) is 3.99. The summed E-state index contributed by atoms with van der Waals surface area (Å²) in [6, 6.07) is 4.53. The number of hydrogen-bond donors (Lipinski definition) is 0. The van der Waals surface area contributed by atoms with Crippen LogP contribution in [0.1, 0.15) is 11.3 Å². The van der Waals surface area contributed by atoms with Crippen molar-refractivity contribution in [2.24, 2.45) is 0 Å². The predicted molar refractivity (Wildman–Crippen MR) is 45.2 cm³/mol. The highest BCUT2D eigenvalue weighted by Crippen LogP contribution is 2.18. The number of alkyl halides is 3. The maximum Gasteiger partial charge on any atom is 0.422 e. The number of halogens is 3. The molecule has 0 bridgehead atoms. The highest BCUT2D eigenvalue weighted by atomic mass is 19.4. The van der Waals surface area contributed by atoms with Gasteiger partial charge in [0.05, 0.1) is 0 Å². The Morgan fingerprint density at radius 3 is 2.67 bits per heavy atom. The topological polar surface area (TPSA) is 45.9 Å². The summed E-state index contributed by atoms with van der Waals surface area (Å²) < 4.78 is 39.8. The SMILES string of the molecule is Cc1cc(C#N)nc(OCC(F)(F)F)c1. The molecule has 0 saturated carbocycles. The van der Waals surface area contributed by atoms with Gasteiger partial charge in [0.2, 0.25) is 5.88 Å². The van der Waals surface area contributed by atoms with Crippen molar-refractivity contribution in [1.82, 2.24) is 4.98 Å². The van der Waals surface area contributed by atoms with Gasteiger partial charge in [0.1, 0.15) is 11.8 Å². The van der Waals surface area contributed by atoms with Gasteiger partial charge in [0, 0.05) is 6.07 Å². The Morgan fingerprint density at radius 1 is 1.47 bits per heavy atom. The standard InChI is InChI=1S/C9H7F3N2O/c1-6-2-7(4-13)14-8(3-6)15-5-9(10,11)12/h2-3H,5H2,1H3. The van der Waals surface area contributed by atoms with Crippen LogP contribution in [0.2, 0.25) is 0 Å². The summed E-state index contributed by atoms with van der Waals surface area (Å²) in [4.78, 5) is 3.57. The van der Waals surface area contributed by atoms with Crippen LogP contribution in [-0.2, 0) is 0 Å². The van der Waals surface area contributed by atoms with Crippen LogP contribution in [0, 0.1) is 18.3 Å². The number of pyridine rings is 1. The Bertz CT molecular complexity index is 395. The van der Waals surface area contributed by atoms with Gasteiger partial charge < -0.3 is 4.74 Å². The molecule has 0 saturated heterocycles. The van der Waals surface area contributed by atoms with Crippen molar-refractivity contribution in [3.8, 4) is 11.9 Å². The predicted octanol–water partition coefficient (Wildman–Crippen LogP) is 2.20. The van der Waals surface area contributed by atoms with E-state index in [-0.39, 0.29) is 11.6 Å². The number of nitrogens with zero attached hydrogens (tertiary/aromatic N) is 2. The first-order valence-corrected chi connectivity index (χ1v) is 3.99. The van der Waals surface area contributed by atoms with E-state index in [1.807, 2.05) is 0 Å². The normalized spacial score (nSPS) is 10.9. The zero-order chi connectivity index (χ0) is 11.5. The summed E-state index contributed by atoms with van der Waals surface area (Å²) in [6.07, 6.45) is -4.40. The second-order valence-electron chi connectivity index (χ2n) is 2.88. The number of nitriles is 1. The fourth-order valence-electron chi connectivity index (χ4n) is 0.922. The summed E-state index contributed by atoms with van der Waals surface area (Å²) in [5, 5.41) is 8.52. The van der Waals surface area contributed by atoms with Gasteiger partial charge in [-0.1, -0.05) is 0 Å². The molecule has 0 fully saturated rings. The molecule has 3 nitrogen and oxygen atoms in total. The molecule has 15 heavy (non-hydrogen) atoms. The van der Waals surface area contributed by atoms with E-state index >= 15 is 0 Å². The summed E-state index contributed by atoms with van der Waals surface area (Å²) in [7, 11) is 0. The fraction of sp³-hybridized carbons (Fsp3) is 0.333. The molecule has 1 rings (SSSR count). The van der Waals surface area contributed by atoms with E-state index in [1.165, 1.54) is 12.1 Å². The van der Waals surface area contributed by atoms with Gasteiger partial charge in [0.15, 0.2) is 6.61 Å². The molecule has 0 aliphatic rings. The second-order valence-corrected chi connectivity index (χ2v) is 2.88. The molecule has 80 valence electrons. The van der Waals surface area contributed by atoms with Crippen LogP contribution in [0.4, 0.5) is 13.2 Å². The molecular weight excluding hydrogens is 209 g/mol. The van der Waals surface area contributed by atoms with Gasteiger partial charge in [0.25, 0.3) is 0 Å². The van der Waals surface area contributed by atoms with Gasteiger partial charge in [-0.3, -0.25) is 0 Å². The minimum atomic E-state index is -4.40. The molecule has 0 spiro atoms. The molecule has 0 amide bonds. The molecule has 0 unspecified atom stereocenters. The van der Waals surface area contributed by atoms with Crippen LogP contribution in [0.3, 0.4) is 0 Å². The van der Waals surface area contributed by atoms with E-state index in [1.54, 1.807) is 13.0 Å². The number of aryl methyl sites for hydroxylation is 1. The molecule has 0 aromatic carbocycles. The van der Waals surface area contributed by atoms with Gasteiger partial charge in [-0.15, -0.1) is 0 Å². The van der Waals surface area contributed by atoms with E-state index < -0.39 is 12.8 Å². The number of aromatic nitrogens is 1. The van der Waals surface area contributed by atoms with Crippen molar-refractivity contribution >= 4 is 0 Å². The molecular formula is C9H7F3N2O. The van der Waals surface area contributed by atoms with Crippen molar-refractivity contribution in [3.05, 3.63) is 23.4 Å². The lowest BCUT2D eigenvalue weighted by Gasteiger charge is -2.08. The van der Waals surface area contributed by atoms with Crippen molar-refractivity contribution in [3.63, 3.8) is 0 Å². The molecule has 6 heteroatoms. The summed E-state index contributed by atoms with van der Waals surface area (Å²) in [6.45, 7) is 0.233. The van der Waals surface area contributed by atoms with Gasteiger partial charge in [-0.25, -0.2) is 4.98 Å². The molecule has 1 aromatic rings. The highest BCUT2D eigenvalue weighted by molar-refractivity contribution is 5.30. The zero-order valence-corrected chi connectivity index (χ0v) is 7.80. The molecule has 1 heterocycles. The Balaban J connectivity index is 2.78. The molecule has 0 radical (unpaired) electrons. The Labute approximate surface area is 84.1 Å². The minimum Gasteiger partial charge on any atom is -0.468 e. The lowest BCUT2D eigenvalue weighted by atomic mass is 10.2. The average molecular weight is 216 g/mol. The molecule has 0 aliphatic carbocycles. The van der Waals surface area contributed by atoms with E-state index in [2.05, 4.69) is 9.72 Å². The van der Waals surface area contributed by atoms with Crippen molar-refractivity contribution in [2.75, 3.05) is 6.61 Å². The summed E-state index contributed by atoms with van der Waals surface area (Å²) in [5.41, 5.74) is 0.658. The van der Waals surface area contributed by atoms with Crippen LogP contribution in [0.25, 0.3) is 0 Å². The van der Waals surface area contributed by atoms with E-state index in [9.17, 15) is 13.2 Å². The summed E-state index contributed by atoms with van der Waals surface area (Å²) in [5.74, 6) is -0.191. The molecule has 0 aliphatic heterocycles. The Kier molecular flexibility index (Phi) is 3.14.